The number of non-ortho nitro benzene ring substituents is 1. The summed E-state index contributed by atoms with van der Waals surface area (Å²) < 4.78 is 0. The van der Waals surface area contributed by atoms with Crippen LogP contribution in [0.15, 0.2) is 45.8 Å². The number of thioether (sulfide) groups is 1. The van der Waals surface area contributed by atoms with Crippen LogP contribution in [0.3, 0.4) is 0 Å². The zero-order valence-electron chi connectivity index (χ0n) is 11.3. The lowest BCUT2D eigenvalue weighted by molar-refractivity contribution is -0.384. The second kappa shape index (κ2) is 6.31. The van der Waals surface area contributed by atoms with Gasteiger partial charge in [0.25, 0.3) is 5.69 Å². The highest BCUT2D eigenvalue weighted by molar-refractivity contribution is 8.07. The number of hydrogen-bond acceptors (Lipinski definition) is 4. The molecule has 0 bridgehead atoms. The molecule has 5 heteroatoms. The summed E-state index contributed by atoms with van der Waals surface area (Å²) in [5.41, 5.74) is 1.92. The fourth-order valence-corrected chi connectivity index (χ4v) is 2.70. The number of allylic oxidation sites excluding steroid dienone is 3. The Morgan fingerprint density at radius 1 is 1.40 bits per heavy atom. The molecule has 0 aliphatic carbocycles. The SMILES string of the molecule is CNC1=C(C)SC(C#Cc2cccc([N+](=O)[O-])c2)=CC1. The second-order valence-corrected chi connectivity index (χ2v) is 5.47. The summed E-state index contributed by atoms with van der Waals surface area (Å²) in [5.74, 6) is 6.05. The maximum absolute atomic E-state index is 10.7. The van der Waals surface area contributed by atoms with E-state index >= 15 is 0 Å². The molecule has 0 spiro atoms. The number of hydrogen-bond donors (Lipinski definition) is 1. The van der Waals surface area contributed by atoms with Gasteiger partial charge in [0.1, 0.15) is 0 Å². The molecule has 102 valence electrons. The number of nitro benzene ring substituents is 1. The number of nitrogens with zero attached hydrogens (tertiary/aromatic N) is 1. The molecule has 0 aromatic heterocycles. The van der Waals surface area contributed by atoms with Gasteiger partial charge >= 0.3 is 0 Å². The third kappa shape index (κ3) is 3.43. The van der Waals surface area contributed by atoms with E-state index in [1.807, 2.05) is 7.05 Å². The summed E-state index contributed by atoms with van der Waals surface area (Å²) in [6.45, 7) is 2.05. The molecule has 1 aromatic carbocycles. The van der Waals surface area contributed by atoms with Gasteiger partial charge in [-0.25, -0.2) is 0 Å². The molecule has 0 amide bonds. The first-order valence-corrected chi connectivity index (χ1v) is 6.94. The van der Waals surface area contributed by atoms with Crippen molar-refractivity contribution in [2.45, 2.75) is 13.3 Å². The Hall–Kier alpha value is -2.19. The topological polar surface area (TPSA) is 55.2 Å². The van der Waals surface area contributed by atoms with Crippen molar-refractivity contribution >= 4 is 17.4 Å². The Morgan fingerprint density at radius 2 is 2.20 bits per heavy atom. The predicted molar refractivity (Wildman–Crippen MR) is 82.0 cm³/mol. The normalized spacial score (nSPS) is 14.2. The fourth-order valence-electron chi connectivity index (χ4n) is 1.79. The minimum Gasteiger partial charge on any atom is -0.391 e. The van der Waals surface area contributed by atoms with E-state index in [2.05, 4.69) is 30.2 Å². The van der Waals surface area contributed by atoms with Crippen LogP contribution in [0.1, 0.15) is 18.9 Å². The molecule has 0 unspecified atom stereocenters. The average Bonchev–Trinajstić information content (AvgIpc) is 2.45. The van der Waals surface area contributed by atoms with Crippen molar-refractivity contribution in [2.24, 2.45) is 0 Å². The summed E-state index contributed by atoms with van der Waals surface area (Å²) >= 11 is 1.62. The Kier molecular flexibility index (Phi) is 4.49. The Bertz CT molecular complexity index is 666. The van der Waals surface area contributed by atoms with E-state index in [1.54, 1.807) is 23.9 Å². The predicted octanol–water partition coefficient (Wildman–Crippen LogP) is 3.42. The first-order chi connectivity index (χ1) is 9.60. The molecule has 1 aliphatic rings. The van der Waals surface area contributed by atoms with Gasteiger partial charge in [0.2, 0.25) is 0 Å². The Balaban J connectivity index is 2.15. The van der Waals surface area contributed by atoms with Gasteiger partial charge < -0.3 is 5.32 Å². The van der Waals surface area contributed by atoms with E-state index in [1.165, 1.54) is 22.7 Å². The molecule has 0 saturated heterocycles. The molecule has 1 aromatic rings. The molecule has 1 aliphatic heterocycles. The van der Waals surface area contributed by atoms with Crippen molar-refractivity contribution in [3.05, 3.63) is 61.5 Å². The summed E-state index contributed by atoms with van der Waals surface area (Å²) in [6.07, 6.45) is 2.90. The van der Waals surface area contributed by atoms with Gasteiger partial charge in [-0.05, 0) is 13.0 Å². The van der Waals surface area contributed by atoms with Crippen LogP contribution in [0.5, 0.6) is 0 Å². The van der Waals surface area contributed by atoms with Crippen LogP contribution < -0.4 is 5.32 Å². The molecular weight excluding hydrogens is 272 g/mol. The van der Waals surface area contributed by atoms with Crippen molar-refractivity contribution in [1.82, 2.24) is 5.32 Å². The van der Waals surface area contributed by atoms with Gasteiger partial charge in [0.15, 0.2) is 0 Å². The quantitative estimate of drug-likeness (QED) is 0.514. The molecule has 20 heavy (non-hydrogen) atoms. The highest BCUT2D eigenvalue weighted by Gasteiger charge is 2.09. The van der Waals surface area contributed by atoms with Gasteiger partial charge in [0.05, 0.1) is 9.83 Å². The van der Waals surface area contributed by atoms with Crippen molar-refractivity contribution in [2.75, 3.05) is 7.05 Å². The Morgan fingerprint density at radius 3 is 2.85 bits per heavy atom. The van der Waals surface area contributed by atoms with Crippen LogP contribution in [0.2, 0.25) is 0 Å². The molecule has 0 radical (unpaired) electrons. The molecule has 2 rings (SSSR count). The first-order valence-electron chi connectivity index (χ1n) is 6.12. The first kappa shape index (κ1) is 14.2. The standard InChI is InChI=1S/C15H14N2O2S/c1-11-15(16-2)9-8-14(20-11)7-6-12-4-3-5-13(10-12)17(18)19/h3-5,8,10,16H,9H2,1-2H3. The maximum Gasteiger partial charge on any atom is 0.270 e. The van der Waals surface area contributed by atoms with Gasteiger partial charge in [-0.3, -0.25) is 10.1 Å². The number of nitrogens with one attached hydrogen (secondary N) is 1. The molecular formula is C15H14N2O2S. The fraction of sp³-hybridized carbons (Fsp3) is 0.200. The van der Waals surface area contributed by atoms with E-state index in [0.717, 1.165) is 11.3 Å². The highest BCUT2D eigenvalue weighted by atomic mass is 32.2. The lowest BCUT2D eigenvalue weighted by atomic mass is 10.2. The van der Waals surface area contributed by atoms with Gasteiger partial charge in [0, 0.05) is 41.8 Å². The largest absolute Gasteiger partial charge is 0.391 e. The molecule has 0 saturated carbocycles. The molecule has 1 heterocycles. The lowest BCUT2D eigenvalue weighted by Crippen LogP contribution is -2.08. The minimum absolute atomic E-state index is 0.0654. The van der Waals surface area contributed by atoms with E-state index in [4.69, 9.17) is 0 Å². The molecule has 1 N–H and O–H groups in total. The third-order valence-electron chi connectivity index (χ3n) is 2.87. The zero-order valence-corrected chi connectivity index (χ0v) is 12.1. The van der Waals surface area contributed by atoms with Crippen LogP contribution in [-0.2, 0) is 0 Å². The summed E-state index contributed by atoms with van der Waals surface area (Å²) in [6, 6.07) is 6.37. The minimum atomic E-state index is -0.411. The third-order valence-corrected chi connectivity index (χ3v) is 3.91. The van der Waals surface area contributed by atoms with E-state index in [0.29, 0.717) is 5.56 Å². The summed E-state index contributed by atoms with van der Waals surface area (Å²) in [5, 5.41) is 13.9. The monoisotopic (exact) mass is 286 g/mol. The number of nitro groups is 1. The van der Waals surface area contributed by atoms with Crippen molar-refractivity contribution in [3.8, 4) is 11.8 Å². The second-order valence-electron chi connectivity index (χ2n) is 4.22. The van der Waals surface area contributed by atoms with Crippen LogP contribution >= 0.6 is 11.8 Å². The smallest absolute Gasteiger partial charge is 0.270 e. The van der Waals surface area contributed by atoms with Gasteiger partial charge in [-0.2, -0.15) is 0 Å². The van der Waals surface area contributed by atoms with E-state index < -0.39 is 4.92 Å². The molecule has 4 nitrogen and oxygen atoms in total. The van der Waals surface area contributed by atoms with Gasteiger partial charge in [-0.1, -0.05) is 35.7 Å². The van der Waals surface area contributed by atoms with Crippen LogP contribution in [-0.4, -0.2) is 12.0 Å². The molecule has 0 fully saturated rings. The van der Waals surface area contributed by atoms with Crippen molar-refractivity contribution in [3.63, 3.8) is 0 Å². The zero-order chi connectivity index (χ0) is 14.5. The Labute approximate surface area is 122 Å². The van der Waals surface area contributed by atoms with Crippen LogP contribution in [0.4, 0.5) is 5.69 Å². The number of rotatable bonds is 2. The summed E-state index contributed by atoms with van der Waals surface area (Å²) in [7, 11) is 1.91. The van der Waals surface area contributed by atoms with E-state index in [-0.39, 0.29) is 5.69 Å². The van der Waals surface area contributed by atoms with Crippen molar-refractivity contribution < 1.29 is 4.92 Å². The average molecular weight is 286 g/mol. The highest BCUT2D eigenvalue weighted by Crippen LogP contribution is 2.32. The number of benzene rings is 1. The van der Waals surface area contributed by atoms with Crippen LogP contribution in [0, 0.1) is 22.0 Å². The van der Waals surface area contributed by atoms with Crippen molar-refractivity contribution in [1.29, 1.82) is 0 Å². The van der Waals surface area contributed by atoms with Crippen LogP contribution in [0.25, 0.3) is 0 Å². The van der Waals surface area contributed by atoms with E-state index in [9.17, 15) is 10.1 Å². The summed E-state index contributed by atoms with van der Waals surface area (Å²) in [4.78, 5) is 12.5. The molecule has 0 atom stereocenters. The maximum atomic E-state index is 10.7. The van der Waals surface area contributed by atoms with Gasteiger partial charge in [-0.15, -0.1) is 0 Å². The lowest BCUT2D eigenvalue weighted by Gasteiger charge is -2.14.